The number of benzene rings is 1. The predicted octanol–water partition coefficient (Wildman–Crippen LogP) is 4.57. The van der Waals surface area contributed by atoms with Gasteiger partial charge in [-0.3, -0.25) is 4.68 Å². The molecule has 0 bridgehead atoms. The molecule has 7 heteroatoms. The largest absolute Gasteiger partial charge is 0.356 e. The lowest BCUT2D eigenvalue weighted by atomic mass is 10.1. The molecule has 0 aliphatic heterocycles. The van der Waals surface area contributed by atoms with Crippen molar-refractivity contribution in [2.24, 2.45) is 0 Å². The van der Waals surface area contributed by atoms with Crippen LogP contribution in [0.1, 0.15) is 31.1 Å². The summed E-state index contributed by atoms with van der Waals surface area (Å²) in [4.78, 5) is 0. The van der Waals surface area contributed by atoms with Crippen LogP contribution in [0.25, 0.3) is 0 Å². The molecule has 4 nitrogen and oxygen atoms in total. The molecular weight excluding hydrogens is 339 g/mol. The Balaban J connectivity index is 2.03. The molecule has 2 aromatic rings. The summed E-state index contributed by atoms with van der Waals surface area (Å²) in [5, 5.41) is 12.3. The number of hydrogen-bond donors (Lipinski definition) is 2. The van der Waals surface area contributed by atoms with Crippen molar-refractivity contribution in [3.63, 3.8) is 0 Å². The number of nitrogens with one attached hydrogen (secondary N) is 2. The van der Waals surface area contributed by atoms with Gasteiger partial charge in [-0.1, -0.05) is 23.2 Å². The van der Waals surface area contributed by atoms with Gasteiger partial charge < -0.3 is 10.6 Å². The number of nitrogens with zero attached hydrogens (tertiary/aromatic N) is 2. The van der Waals surface area contributed by atoms with Gasteiger partial charge in [0.25, 0.3) is 0 Å². The van der Waals surface area contributed by atoms with Gasteiger partial charge in [-0.05, 0) is 51.2 Å². The molecule has 0 saturated heterocycles. The highest BCUT2D eigenvalue weighted by Crippen LogP contribution is 2.23. The van der Waals surface area contributed by atoms with E-state index in [1.807, 2.05) is 17.8 Å². The second kappa shape index (κ2) is 7.31. The van der Waals surface area contributed by atoms with Crippen molar-refractivity contribution in [1.29, 1.82) is 0 Å². The van der Waals surface area contributed by atoms with Crippen LogP contribution in [0.15, 0.2) is 24.4 Å². The molecule has 1 aromatic carbocycles. The van der Waals surface area contributed by atoms with E-state index < -0.39 is 0 Å². The first-order valence-corrected chi connectivity index (χ1v) is 8.13. The number of aryl methyl sites for hydroxylation is 1. The van der Waals surface area contributed by atoms with Gasteiger partial charge in [-0.15, -0.1) is 0 Å². The number of aromatic nitrogens is 2. The Morgan fingerprint density at radius 2 is 1.95 bits per heavy atom. The topological polar surface area (TPSA) is 41.9 Å². The van der Waals surface area contributed by atoms with Gasteiger partial charge in [0.2, 0.25) is 0 Å². The molecule has 2 N–H and O–H groups in total. The number of rotatable bonds is 4. The van der Waals surface area contributed by atoms with E-state index in [2.05, 4.69) is 29.6 Å². The summed E-state index contributed by atoms with van der Waals surface area (Å²) in [7, 11) is 0. The third-order valence-electron chi connectivity index (χ3n) is 3.38. The van der Waals surface area contributed by atoms with Crippen LogP contribution in [0, 0.1) is 6.92 Å². The molecule has 0 aliphatic carbocycles. The first-order chi connectivity index (χ1) is 10.4. The number of thiocarbonyl (C=S) groups is 1. The highest BCUT2D eigenvalue weighted by molar-refractivity contribution is 7.80. The number of halogens is 2. The Labute approximate surface area is 145 Å². The first kappa shape index (κ1) is 17.1. The van der Waals surface area contributed by atoms with Crippen LogP contribution < -0.4 is 10.6 Å². The molecule has 0 amide bonds. The molecule has 0 radical (unpaired) electrons. The van der Waals surface area contributed by atoms with E-state index in [1.165, 1.54) is 0 Å². The van der Waals surface area contributed by atoms with Gasteiger partial charge in [0.1, 0.15) is 0 Å². The van der Waals surface area contributed by atoms with E-state index in [0.29, 0.717) is 15.2 Å². The van der Waals surface area contributed by atoms with Crippen LogP contribution in [0.2, 0.25) is 10.0 Å². The second-order valence-corrected chi connectivity index (χ2v) is 6.26. The van der Waals surface area contributed by atoms with E-state index in [9.17, 15) is 0 Å². The smallest absolute Gasteiger partial charge is 0.171 e. The fraction of sp³-hybridized carbons (Fsp3) is 0.333. The van der Waals surface area contributed by atoms with Crippen molar-refractivity contribution in [3.8, 4) is 0 Å². The summed E-state index contributed by atoms with van der Waals surface area (Å²) in [6.07, 6.45) is 1.87. The number of anilines is 1. The molecule has 0 fully saturated rings. The van der Waals surface area contributed by atoms with Gasteiger partial charge in [-0.2, -0.15) is 5.10 Å². The summed E-state index contributed by atoms with van der Waals surface area (Å²) in [5.74, 6) is 0. The molecule has 118 valence electrons. The average Bonchev–Trinajstić information content (AvgIpc) is 2.78. The van der Waals surface area contributed by atoms with E-state index >= 15 is 0 Å². The van der Waals surface area contributed by atoms with Gasteiger partial charge in [0, 0.05) is 33.5 Å². The van der Waals surface area contributed by atoms with Crippen molar-refractivity contribution in [2.45, 2.75) is 33.4 Å². The van der Waals surface area contributed by atoms with E-state index in [-0.39, 0.29) is 6.04 Å². The maximum atomic E-state index is 5.98. The molecule has 0 spiro atoms. The van der Waals surface area contributed by atoms with E-state index in [4.69, 9.17) is 35.4 Å². The maximum absolute atomic E-state index is 5.98. The highest BCUT2D eigenvalue weighted by atomic mass is 35.5. The fourth-order valence-electron chi connectivity index (χ4n) is 2.27. The van der Waals surface area contributed by atoms with Crippen molar-refractivity contribution in [1.82, 2.24) is 15.1 Å². The summed E-state index contributed by atoms with van der Waals surface area (Å²) in [6, 6.07) is 5.27. The van der Waals surface area contributed by atoms with Crippen molar-refractivity contribution >= 4 is 46.2 Å². The predicted molar refractivity (Wildman–Crippen MR) is 96.9 cm³/mol. The Morgan fingerprint density at radius 1 is 1.32 bits per heavy atom. The molecule has 0 aliphatic rings. The van der Waals surface area contributed by atoms with Crippen molar-refractivity contribution in [3.05, 3.63) is 45.7 Å². The monoisotopic (exact) mass is 356 g/mol. The minimum absolute atomic E-state index is 0.0509. The van der Waals surface area contributed by atoms with Crippen LogP contribution in [0.4, 0.5) is 5.69 Å². The highest BCUT2D eigenvalue weighted by Gasteiger charge is 2.13. The molecule has 2 rings (SSSR count). The summed E-state index contributed by atoms with van der Waals surface area (Å²) in [5.41, 5.74) is 3.01. The number of hydrogen-bond acceptors (Lipinski definition) is 2. The molecule has 0 saturated carbocycles. The lowest BCUT2D eigenvalue weighted by Gasteiger charge is -2.17. The molecule has 22 heavy (non-hydrogen) atoms. The van der Waals surface area contributed by atoms with Crippen LogP contribution in [0.3, 0.4) is 0 Å². The molecule has 1 heterocycles. The zero-order valence-corrected chi connectivity index (χ0v) is 15.0. The Morgan fingerprint density at radius 3 is 2.50 bits per heavy atom. The molecule has 1 aromatic heterocycles. The van der Waals surface area contributed by atoms with Crippen LogP contribution in [-0.4, -0.2) is 14.9 Å². The van der Waals surface area contributed by atoms with Gasteiger partial charge in [-0.25, -0.2) is 0 Å². The standard InChI is InChI=1S/C15H18Cl2N4S/c1-4-21-10(3)14(8-18-21)9(2)19-15(22)20-13-6-11(16)5-12(17)7-13/h5-9H,4H2,1-3H3,(H2,19,20,22). The second-order valence-electron chi connectivity index (χ2n) is 4.98. The maximum Gasteiger partial charge on any atom is 0.171 e. The Bertz CT molecular complexity index is 664. The lowest BCUT2D eigenvalue weighted by Crippen LogP contribution is -2.31. The minimum atomic E-state index is 0.0509. The first-order valence-electron chi connectivity index (χ1n) is 6.96. The molecule has 1 unspecified atom stereocenters. The molecular formula is C15H18Cl2N4S. The lowest BCUT2D eigenvalue weighted by molar-refractivity contribution is 0.633. The normalized spacial score (nSPS) is 12.0. The Hall–Kier alpha value is -1.30. The third-order valence-corrected chi connectivity index (χ3v) is 4.03. The summed E-state index contributed by atoms with van der Waals surface area (Å²) < 4.78 is 1.96. The Kier molecular flexibility index (Phi) is 5.67. The molecule has 1 atom stereocenters. The average molecular weight is 357 g/mol. The van der Waals surface area contributed by atoms with Crippen LogP contribution >= 0.6 is 35.4 Å². The third kappa shape index (κ3) is 4.12. The fourth-order valence-corrected chi connectivity index (χ4v) is 3.09. The van der Waals surface area contributed by atoms with Gasteiger partial charge in [0.15, 0.2) is 5.11 Å². The van der Waals surface area contributed by atoms with Crippen LogP contribution in [0.5, 0.6) is 0 Å². The summed E-state index contributed by atoms with van der Waals surface area (Å²) in [6.45, 7) is 7.01. The quantitative estimate of drug-likeness (QED) is 0.787. The van der Waals surface area contributed by atoms with Crippen LogP contribution in [-0.2, 0) is 6.54 Å². The van der Waals surface area contributed by atoms with E-state index in [0.717, 1.165) is 23.5 Å². The van der Waals surface area contributed by atoms with Gasteiger partial charge >= 0.3 is 0 Å². The minimum Gasteiger partial charge on any atom is -0.356 e. The van der Waals surface area contributed by atoms with E-state index in [1.54, 1.807) is 18.2 Å². The summed E-state index contributed by atoms with van der Waals surface area (Å²) >= 11 is 17.3. The van der Waals surface area contributed by atoms with Crippen molar-refractivity contribution in [2.75, 3.05) is 5.32 Å². The zero-order chi connectivity index (χ0) is 16.3. The SMILES string of the molecule is CCn1ncc(C(C)NC(=S)Nc2cc(Cl)cc(Cl)c2)c1C. The van der Waals surface area contributed by atoms with Gasteiger partial charge in [0.05, 0.1) is 12.2 Å². The van der Waals surface area contributed by atoms with Crippen molar-refractivity contribution < 1.29 is 0 Å². The zero-order valence-electron chi connectivity index (χ0n) is 12.7.